The molecular formula is C19H20N4OS. The Kier molecular flexibility index (Phi) is 4.90. The van der Waals surface area contributed by atoms with Gasteiger partial charge in [-0.05, 0) is 68.5 Å². The fourth-order valence-corrected chi connectivity index (χ4v) is 2.99. The molecule has 0 radical (unpaired) electrons. The minimum atomic E-state index is -0.256. The largest absolute Gasteiger partial charge is 0.321 e. The standard InChI is InChI=1S/C19H20N4OS/c1-12-8-9-15(10-13(12)2)20-19(24)18-14(3)23(22-21-18)16-6-5-7-17(11-16)25-4/h5-11H,1-4H3,(H,20,24). The van der Waals surface area contributed by atoms with Crippen molar-refractivity contribution in [2.45, 2.75) is 25.7 Å². The monoisotopic (exact) mass is 352 g/mol. The minimum absolute atomic E-state index is 0.256. The third-order valence-electron chi connectivity index (χ3n) is 4.17. The SMILES string of the molecule is CSc1cccc(-n2nnc(C(=O)Nc3ccc(C)c(C)c3)c2C)c1. The number of carbonyl (C=O) groups excluding carboxylic acids is 1. The molecule has 0 atom stereocenters. The van der Waals surface area contributed by atoms with Crippen LogP contribution >= 0.6 is 11.8 Å². The molecule has 0 saturated heterocycles. The summed E-state index contributed by atoms with van der Waals surface area (Å²) in [5.41, 5.74) is 5.00. The molecule has 2 aromatic carbocycles. The maximum atomic E-state index is 12.6. The van der Waals surface area contributed by atoms with Crippen LogP contribution < -0.4 is 5.32 Å². The number of nitrogens with zero attached hydrogens (tertiary/aromatic N) is 3. The Hall–Kier alpha value is -2.60. The highest BCUT2D eigenvalue weighted by Crippen LogP contribution is 2.20. The summed E-state index contributed by atoms with van der Waals surface area (Å²) >= 11 is 1.66. The maximum absolute atomic E-state index is 12.6. The highest BCUT2D eigenvalue weighted by atomic mass is 32.2. The van der Waals surface area contributed by atoms with E-state index in [0.29, 0.717) is 11.4 Å². The van der Waals surface area contributed by atoms with Gasteiger partial charge in [-0.15, -0.1) is 16.9 Å². The van der Waals surface area contributed by atoms with E-state index < -0.39 is 0 Å². The fraction of sp³-hybridized carbons (Fsp3) is 0.211. The maximum Gasteiger partial charge on any atom is 0.278 e. The van der Waals surface area contributed by atoms with Crippen molar-refractivity contribution in [2.75, 3.05) is 11.6 Å². The number of nitrogens with one attached hydrogen (secondary N) is 1. The van der Waals surface area contributed by atoms with Gasteiger partial charge in [0.15, 0.2) is 5.69 Å². The summed E-state index contributed by atoms with van der Waals surface area (Å²) in [6.07, 6.45) is 2.02. The third kappa shape index (κ3) is 3.58. The lowest BCUT2D eigenvalue weighted by atomic mass is 10.1. The van der Waals surface area contributed by atoms with E-state index >= 15 is 0 Å². The Morgan fingerprint density at radius 1 is 1.08 bits per heavy atom. The molecule has 0 bridgehead atoms. The molecule has 0 aliphatic carbocycles. The second kappa shape index (κ2) is 7.11. The summed E-state index contributed by atoms with van der Waals surface area (Å²) in [6, 6.07) is 13.8. The van der Waals surface area contributed by atoms with Crippen molar-refractivity contribution in [3.8, 4) is 5.69 Å². The van der Waals surface area contributed by atoms with Crippen molar-refractivity contribution in [3.63, 3.8) is 0 Å². The Morgan fingerprint density at radius 3 is 2.60 bits per heavy atom. The van der Waals surface area contributed by atoms with Gasteiger partial charge in [0.25, 0.3) is 5.91 Å². The molecule has 1 heterocycles. The van der Waals surface area contributed by atoms with Crippen molar-refractivity contribution in [1.29, 1.82) is 0 Å². The number of benzene rings is 2. The van der Waals surface area contributed by atoms with E-state index in [1.807, 2.05) is 69.5 Å². The van der Waals surface area contributed by atoms with Gasteiger partial charge in [-0.25, -0.2) is 4.68 Å². The average Bonchev–Trinajstić information content (AvgIpc) is 3.00. The molecule has 0 aliphatic heterocycles. The van der Waals surface area contributed by atoms with Gasteiger partial charge in [-0.2, -0.15) is 0 Å². The van der Waals surface area contributed by atoms with E-state index in [0.717, 1.165) is 21.8 Å². The summed E-state index contributed by atoms with van der Waals surface area (Å²) < 4.78 is 1.69. The molecule has 0 spiro atoms. The zero-order chi connectivity index (χ0) is 18.0. The number of anilines is 1. The fourth-order valence-electron chi connectivity index (χ4n) is 2.54. The molecule has 5 nitrogen and oxygen atoms in total. The van der Waals surface area contributed by atoms with E-state index in [9.17, 15) is 4.79 Å². The summed E-state index contributed by atoms with van der Waals surface area (Å²) in [4.78, 5) is 13.7. The normalized spacial score (nSPS) is 10.7. The first kappa shape index (κ1) is 17.2. The summed E-state index contributed by atoms with van der Waals surface area (Å²) in [5.74, 6) is -0.256. The molecule has 1 aromatic heterocycles. The van der Waals surface area contributed by atoms with Crippen LogP contribution in [0.1, 0.15) is 27.3 Å². The summed E-state index contributed by atoms with van der Waals surface area (Å²) in [5, 5.41) is 11.1. The molecular weight excluding hydrogens is 332 g/mol. The van der Waals surface area contributed by atoms with Gasteiger partial charge in [-0.1, -0.05) is 17.3 Å². The molecule has 3 rings (SSSR count). The van der Waals surface area contributed by atoms with Crippen LogP contribution in [0, 0.1) is 20.8 Å². The Morgan fingerprint density at radius 2 is 1.88 bits per heavy atom. The highest BCUT2D eigenvalue weighted by molar-refractivity contribution is 7.98. The van der Waals surface area contributed by atoms with Gasteiger partial charge >= 0.3 is 0 Å². The molecule has 6 heteroatoms. The first-order chi connectivity index (χ1) is 12.0. The van der Waals surface area contributed by atoms with Crippen LogP contribution in [0.5, 0.6) is 0 Å². The molecule has 0 unspecified atom stereocenters. The topological polar surface area (TPSA) is 59.8 Å². The first-order valence-corrected chi connectivity index (χ1v) is 9.17. The van der Waals surface area contributed by atoms with Crippen LogP contribution in [0.3, 0.4) is 0 Å². The smallest absolute Gasteiger partial charge is 0.278 e. The number of thioether (sulfide) groups is 1. The number of hydrogen-bond donors (Lipinski definition) is 1. The first-order valence-electron chi connectivity index (χ1n) is 7.95. The van der Waals surface area contributed by atoms with Crippen LogP contribution in [0.4, 0.5) is 5.69 Å². The molecule has 0 saturated carbocycles. The van der Waals surface area contributed by atoms with Crippen LogP contribution in [-0.4, -0.2) is 27.2 Å². The van der Waals surface area contributed by atoms with E-state index in [1.54, 1.807) is 16.4 Å². The zero-order valence-corrected chi connectivity index (χ0v) is 15.5. The van der Waals surface area contributed by atoms with Crippen molar-refractivity contribution >= 4 is 23.4 Å². The highest BCUT2D eigenvalue weighted by Gasteiger charge is 2.17. The number of aromatic nitrogens is 3. The molecule has 3 aromatic rings. The quantitative estimate of drug-likeness (QED) is 0.716. The average molecular weight is 352 g/mol. The summed E-state index contributed by atoms with van der Waals surface area (Å²) in [7, 11) is 0. The van der Waals surface area contributed by atoms with Crippen molar-refractivity contribution in [1.82, 2.24) is 15.0 Å². The molecule has 0 aliphatic rings. The van der Waals surface area contributed by atoms with Gasteiger partial charge in [0.1, 0.15) is 0 Å². The van der Waals surface area contributed by atoms with Crippen molar-refractivity contribution < 1.29 is 4.79 Å². The van der Waals surface area contributed by atoms with Gasteiger partial charge in [0, 0.05) is 10.6 Å². The van der Waals surface area contributed by atoms with Crippen LogP contribution in [-0.2, 0) is 0 Å². The number of rotatable bonds is 4. The van der Waals surface area contributed by atoms with E-state index in [4.69, 9.17) is 0 Å². The second-order valence-corrected chi connectivity index (χ2v) is 6.77. The van der Waals surface area contributed by atoms with Crippen LogP contribution in [0.2, 0.25) is 0 Å². The lowest BCUT2D eigenvalue weighted by Crippen LogP contribution is -2.14. The van der Waals surface area contributed by atoms with Gasteiger partial charge in [-0.3, -0.25) is 4.79 Å². The third-order valence-corrected chi connectivity index (χ3v) is 4.90. The second-order valence-electron chi connectivity index (χ2n) is 5.89. The number of amides is 1. The predicted molar refractivity (Wildman–Crippen MR) is 102 cm³/mol. The Labute approximate surface area is 151 Å². The minimum Gasteiger partial charge on any atom is -0.321 e. The van der Waals surface area contributed by atoms with Gasteiger partial charge in [0.05, 0.1) is 11.4 Å². The van der Waals surface area contributed by atoms with Crippen molar-refractivity contribution in [3.05, 3.63) is 65.0 Å². The van der Waals surface area contributed by atoms with Crippen molar-refractivity contribution in [2.24, 2.45) is 0 Å². The van der Waals surface area contributed by atoms with E-state index in [1.165, 1.54) is 5.56 Å². The molecule has 0 fully saturated rings. The number of aryl methyl sites for hydroxylation is 2. The van der Waals surface area contributed by atoms with Crippen LogP contribution in [0.25, 0.3) is 5.69 Å². The van der Waals surface area contributed by atoms with E-state index in [-0.39, 0.29) is 5.91 Å². The lowest BCUT2D eigenvalue weighted by Gasteiger charge is -2.07. The number of carbonyl (C=O) groups is 1. The zero-order valence-electron chi connectivity index (χ0n) is 14.7. The van der Waals surface area contributed by atoms with Crippen LogP contribution in [0.15, 0.2) is 47.4 Å². The molecule has 128 valence electrons. The van der Waals surface area contributed by atoms with E-state index in [2.05, 4.69) is 15.6 Å². The Balaban J connectivity index is 1.87. The molecule has 25 heavy (non-hydrogen) atoms. The lowest BCUT2D eigenvalue weighted by molar-refractivity contribution is 0.102. The molecule has 1 amide bonds. The molecule has 1 N–H and O–H groups in total. The summed E-state index contributed by atoms with van der Waals surface area (Å²) in [6.45, 7) is 5.91. The predicted octanol–water partition coefficient (Wildman–Crippen LogP) is 4.17. The number of hydrogen-bond acceptors (Lipinski definition) is 4. The Bertz CT molecular complexity index is 933. The van der Waals surface area contributed by atoms with Gasteiger partial charge < -0.3 is 5.32 Å². The van der Waals surface area contributed by atoms with Gasteiger partial charge in [0.2, 0.25) is 0 Å².